The minimum absolute atomic E-state index is 0.363. The van der Waals surface area contributed by atoms with Crippen molar-refractivity contribution in [3.63, 3.8) is 0 Å². The third kappa shape index (κ3) is 3.99. The Hall–Kier alpha value is -0.480. The molecule has 0 radical (unpaired) electrons. The molecule has 1 heterocycles. The van der Waals surface area contributed by atoms with Gasteiger partial charge in [0.05, 0.1) is 0 Å². The van der Waals surface area contributed by atoms with E-state index in [1.54, 1.807) is 0 Å². The number of aryl methyl sites for hydroxylation is 1. The molecule has 0 spiro atoms. The molecule has 5 heteroatoms. The fourth-order valence-corrected chi connectivity index (χ4v) is 3.73. The van der Waals surface area contributed by atoms with Gasteiger partial charge in [-0.1, -0.05) is 37.8 Å². The average Bonchev–Trinajstić information content (AvgIpc) is 2.45. The minimum atomic E-state index is 0.363. The molecule has 0 amide bonds. The smallest absolute Gasteiger partial charge is 0.134 e. The molecule has 2 rings (SSSR count). The van der Waals surface area contributed by atoms with Gasteiger partial charge in [0.15, 0.2) is 0 Å². The number of halogens is 1. The van der Waals surface area contributed by atoms with Crippen molar-refractivity contribution >= 4 is 29.2 Å². The topological polar surface area (TPSA) is 37.8 Å². The number of thioether (sulfide) groups is 1. The zero-order valence-electron chi connectivity index (χ0n) is 11.7. The van der Waals surface area contributed by atoms with Crippen LogP contribution in [0.4, 0.5) is 5.82 Å². The van der Waals surface area contributed by atoms with Crippen LogP contribution >= 0.6 is 23.4 Å². The molecule has 0 saturated heterocycles. The Bertz CT molecular complexity index is 419. The van der Waals surface area contributed by atoms with Crippen LogP contribution in [0.25, 0.3) is 0 Å². The molecule has 1 aromatic heterocycles. The Labute approximate surface area is 124 Å². The highest BCUT2D eigenvalue weighted by Gasteiger charge is 2.30. The van der Waals surface area contributed by atoms with E-state index in [9.17, 15) is 0 Å². The average molecular weight is 300 g/mol. The number of hydrogen-bond acceptors (Lipinski definition) is 4. The summed E-state index contributed by atoms with van der Waals surface area (Å²) >= 11 is 8.01. The first-order valence-electron chi connectivity index (χ1n) is 7.00. The van der Waals surface area contributed by atoms with E-state index in [4.69, 9.17) is 11.6 Å². The SMILES string of the molecule is CCc1nc(Cl)cc(NCC2(SC)CCCCC2)n1. The van der Waals surface area contributed by atoms with Crippen molar-refractivity contribution in [3.8, 4) is 0 Å². The summed E-state index contributed by atoms with van der Waals surface area (Å²) in [6.45, 7) is 3.00. The van der Waals surface area contributed by atoms with E-state index in [0.29, 0.717) is 9.90 Å². The number of nitrogens with one attached hydrogen (secondary N) is 1. The first kappa shape index (κ1) is 14.9. The maximum atomic E-state index is 6.02. The van der Waals surface area contributed by atoms with Crippen LogP contribution in [-0.4, -0.2) is 27.5 Å². The summed E-state index contributed by atoms with van der Waals surface area (Å²) in [5.41, 5.74) is 0. The molecule has 106 valence electrons. The van der Waals surface area contributed by atoms with Crippen LogP contribution in [0.2, 0.25) is 5.15 Å². The fraction of sp³-hybridized carbons (Fsp3) is 0.714. The molecular formula is C14H22ClN3S. The summed E-state index contributed by atoms with van der Waals surface area (Å²) in [6, 6.07) is 1.82. The van der Waals surface area contributed by atoms with Gasteiger partial charge in [-0.3, -0.25) is 0 Å². The monoisotopic (exact) mass is 299 g/mol. The van der Waals surface area contributed by atoms with Crippen LogP contribution in [0.3, 0.4) is 0 Å². The molecule has 0 bridgehead atoms. The predicted molar refractivity (Wildman–Crippen MR) is 84.2 cm³/mol. The van der Waals surface area contributed by atoms with Gasteiger partial charge in [-0.05, 0) is 19.1 Å². The number of anilines is 1. The molecule has 0 aromatic carbocycles. The Morgan fingerprint density at radius 1 is 1.32 bits per heavy atom. The molecule has 1 saturated carbocycles. The molecule has 0 aliphatic heterocycles. The van der Waals surface area contributed by atoms with Crippen molar-refractivity contribution in [3.05, 3.63) is 17.0 Å². The largest absolute Gasteiger partial charge is 0.369 e. The van der Waals surface area contributed by atoms with Crippen LogP contribution in [0.15, 0.2) is 6.07 Å². The van der Waals surface area contributed by atoms with Gasteiger partial charge in [0.2, 0.25) is 0 Å². The highest BCUT2D eigenvalue weighted by atomic mass is 35.5. The van der Waals surface area contributed by atoms with Gasteiger partial charge in [-0.25, -0.2) is 9.97 Å². The van der Waals surface area contributed by atoms with E-state index in [-0.39, 0.29) is 0 Å². The van der Waals surface area contributed by atoms with E-state index in [2.05, 4.69) is 21.5 Å². The van der Waals surface area contributed by atoms with Gasteiger partial charge < -0.3 is 5.32 Å². The molecule has 3 nitrogen and oxygen atoms in total. The number of rotatable bonds is 5. The first-order chi connectivity index (χ1) is 9.17. The molecule has 1 fully saturated rings. The van der Waals surface area contributed by atoms with Gasteiger partial charge >= 0.3 is 0 Å². The van der Waals surface area contributed by atoms with Crippen molar-refractivity contribution < 1.29 is 0 Å². The normalized spacial score (nSPS) is 18.3. The maximum absolute atomic E-state index is 6.02. The predicted octanol–water partition coefficient (Wildman–Crippen LogP) is 4.17. The second kappa shape index (κ2) is 6.80. The van der Waals surface area contributed by atoms with Crippen LogP contribution < -0.4 is 5.32 Å². The Kier molecular flexibility index (Phi) is 5.34. The lowest BCUT2D eigenvalue weighted by Crippen LogP contribution is -2.35. The van der Waals surface area contributed by atoms with Gasteiger partial charge in [-0.15, -0.1) is 0 Å². The van der Waals surface area contributed by atoms with Gasteiger partial charge in [0.1, 0.15) is 16.8 Å². The quantitative estimate of drug-likeness (QED) is 0.828. The summed E-state index contributed by atoms with van der Waals surface area (Å²) in [4.78, 5) is 8.68. The molecule has 0 atom stereocenters. The van der Waals surface area contributed by atoms with Crippen molar-refractivity contribution in [2.24, 2.45) is 0 Å². The molecular weight excluding hydrogens is 278 g/mol. The van der Waals surface area contributed by atoms with E-state index in [1.165, 1.54) is 32.1 Å². The number of hydrogen-bond donors (Lipinski definition) is 1. The third-order valence-corrected chi connectivity index (χ3v) is 5.46. The molecule has 1 aliphatic carbocycles. The first-order valence-corrected chi connectivity index (χ1v) is 8.60. The summed E-state index contributed by atoms with van der Waals surface area (Å²) in [5.74, 6) is 1.66. The number of aromatic nitrogens is 2. The minimum Gasteiger partial charge on any atom is -0.369 e. The van der Waals surface area contributed by atoms with Crippen LogP contribution in [0.5, 0.6) is 0 Å². The lowest BCUT2D eigenvalue weighted by atomic mass is 9.88. The van der Waals surface area contributed by atoms with Crippen LogP contribution in [0.1, 0.15) is 44.9 Å². The Morgan fingerprint density at radius 3 is 2.68 bits per heavy atom. The summed E-state index contributed by atoms with van der Waals surface area (Å²) in [6.07, 6.45) is 9.67. The fourth-order valence-electron chi connectivity index (χ4n) is 2.61. The second-order valence-corrected chi connectivity index (χ2v) is 6.81. The van der Waals surface area contributed by atoms with Crippen molar-refractivity contribution in [1.82, 2.24) is 9.97 Å². The highest BCUT2D eigenvalue weighted by molar-refractivity contribution is 8.00. The maximum Gasteiger partial charge on any atom is 0.134 e. The highest BCUT2D eigenvalue weighted by Crippen LogP contribution is 2.38. The molecule has 19 heavy (non-hydrogen) atoms. The zero-order valence-corrected chi connectivity index (χ0v) is 13.3. The lowest BCUT2D eigenvalue weighted by molar-refractivity contribution is 0.411. The Morgan fingerprint density at radius 2 is 2.05 bits per heavy atom. The Balaban J connectivity index is 2.02. The van der Waals surface area contributed by atoms with Crippen molar-refractivity contribution in [2.45, 2.75) is 50.2 Å². The summed E-state index contributed by atoms with van der Waals surface area (Å²) in [5, 5.41) is 3.99. The van der Waals surface area contributed by atoms with E-state index < -0.39 is 0 Å². The second-order valence-electron chi connectivity index (χ2n) is 5.15. The molecule has 0 unspecified atom stereocenters. The van der Waals surface area contributed by atoms with Gasteiger partial charge in [0, 0.05) is 23.8 Å². The summed E-state index contributed by atoms with van der Waals surface area (Å²) < 4.78 is 0.363. The summed E-state index contributed by atoms with van der Waals surface area (Å²) in [7, 11) is 0. The molecule has 1 aliphatic rings. The van der Waals surface area contributed by atoms with E-state index in [1.807, 2.05) is 24.8 Å². The third-order valence-electron chi connectivity index (χ3n) is 3.85. The zero-order chi connectivity index (χ0) is 13.7. The van der Waals surface area contributed by atoms with Crippen molar-refractivity contribution in [2.75, 3.05) is 18.1 Å². The standard InChI is InChI=1S/C14H22ClN3S/c1-3-12-17-11(15)9-13(18-12)16-10-14(19-2)7-5-4-6-8-14/h9H,3-8,10H2,1-2H3,(H,16,17,18). The van der Waals surface area contributed by atoms with Gasteiger partial charge in [0.25, 0.3) is 0 Å². The van der Waals surface area contributed by atoms with Crippen molar-refractivity contribution in [1.29, 1.82) is 0 Å². The molecule has 1 N–H and O–H groups in total. The number of nitrogens with zero attached hydrogens (tertiary/aromatic N) is 2. The van der Waals surface area contributed by atoms with E-state index >= 15 is 0 Å². The van der Waals surface area contributed by atoms with Crippen LogP contribution in [-0.2, 0) is 6.42 Å². The van der Waals surface area contributed by atoms with Crippen LogP contribution in [0, 0.1) is 0 Å². The lowest BCUT2D eigenvalue weighted by Gasteiger charge is -2.36. The van der Waals surface area contributed by atoms with Gasteiger partial charge in [-0.2, -0.15) is 11.8 Å². The molecule has 1 aromatic rings. The van der Waals surface area contributed by atoms with E-state index in [0.717, 1.165) is 24.6 Å².